The summed E-state index contributed by atoms with van der Waals surface area (Å²) in [5.74, 6) is 0.185. The summed E-state index contributed by atoms with van der Waals surface area (Å²) < 4.78 is 1.88. The maximum Gasteiger partial charge on any atom is 0.130 e. The third-order valence-electron chi connectivity index (χ3n) is 2.05. The highest BCUT2D eigenvalue weighted by atomic mass is 35.5. The Bertz CT molecular complexity index is 320. The Morgan fingerprint density at radius 3 is 2.93 bits per heavy atom. The van der Waals surface area contributed by atoms with Gasteiger partial charge >= 0.3 is 0 Å². The van der Waals surface area contributed by atoms with Crippen LogP contribution in [0.15, 0.2) is 6.20 Å². The Hall–Kier alpha value is -0.830. The van der Waals surface area contributed by atoms with Crippen LogP contribution in [0.5, 0.6) is 0 Å². The molecule has 1 heterocycles. The van der Waals surface area contributed by atoms with Crippen molar-refractivity contribution in [3.8, 4) is 0 Å². The maximum atomic E-state index is 10.8. The summed E-state index contributed by atoms with van der Waals surface area (Å²) in [6.45, 7) is 4.54. The SMILES string of the molecule is CCCn1ncc(Cl)c1CCC(C)=O. The minimum absolute atomic E-state index is 0.185. The highest BCUT2D eigenvalue weighted by Crippen LogP contribution is 2.17. The van der Waals surface area contributed by atoms with Crippen LogP contribution in [-0.4, -0.2) is 15.6 Å². The molecule has 0 atom stereocenters. The van der Waals surface area contributed by atoms with Gasteiger partial charge in [0.1, 0.15) is 5.78 Å². The largest absolute Gasteiger partial charge is 0.300 e. The molecule has 4 heteroatoms. The van der Waals surface area contributed by atoms with Crippen molar-refractivity contribution in [1.82, 2.24) is 9.78 Å². The number of halogens is 1. The molecule has 0 amide bonds. The summed E-state index contributed by atoms with van der Waals surface area (Å²) in [7, 11) is 0. The molecule has 0 spiro atoms. The number of Topliss-reactive ketones (excluding diaryl/α,β-unsaturated/α-hetero) is 1. The normalized spacial score (nSPS) is 10.5. The van der Waals surface area contributed by atoms with Gasteiger partial charge in [0.15, 0.2) is 0 Å². The van der Waals surface area contributed by atoms with E-state index in [-0.39, 0.29) is 5.78 Å². The average Bonchev–Trinajstić information content (AvgIpc) is 2.45. The van der Waals surface area contributed by atoms with Crippen LogP contribution in [0.3, 0.4) is 0 Å². The molecule has 1 aromatic rings. The van der Waals surface area contributed by atoms with E-state index in [0.717, 1.165) is 18.7 Å². The van der Waals surface area contributed by atoms with Crippen molar-refractivity contribution in [2.75, 3.05) is 0 Å². The number of nitrogens with zero attached hydrogens (tertiary/aromatic N) is 2. The van der Waals surface area contributed by atoms with Gasteiger partial charge in [-0.1, -0.05) is 18.5 Å². The first-order chi connectivity index (χ1) is 6.65. The van der Waals surface area contributed by atoms with Gasteiger partial charge < -0.3 is 4.79 Å². The number of ketones is 1. The monoisotopic (exact) mass is 214 g/mol. The predicted molar refractivity (Wildman–Crippen MR) is 56.5 cm³/mol. The summed E-state index contributed by atoms with van der Waals surface area (Å²) in [4.78, 5) is 10.8. The van der Waals surface area contributed by atoms with Gasteiger partial charge in [0.25, 0.3) is 0 Å². The molecule has 78 valence electrons. The van der Waals surface area contributed by atoms with Gasteiger partial charge in [0.05, 0.1) is 16.9 Å². The number of rotatable bonds is 5. The van der Waals surface area contributed by atoms with E-state index in [2.05, 4.69) is 12.0 Å². The van der Waals surface area contributed by atoms with Crippen molar-refractivity contribution in [3.63, 3.8) is 0 Å². The second kappa shape index (κ2) is 5.15. The highest BCUT2D eigenvalue weighted by Gasteiger charge is 2.08. The van der Waals surface area contributed by atoms with Crippen LogP contribution in [0.2, 0.25) is 5.02 Å². The van der Waals surface area contributed by atoms with E-state index in [0.29, 0.717) is 17.9 Å². The third kappa shape index (κ3) is 2.84. The number of carbonyl (C=O) groups excluding carboxylic acids is 1. The number of hydrogen-bond acceptors (Lipinski definition) is 2. The van der Waals surface area contributed by atoms with Crippen LogP contribution in [0.4, 0.5) is 0 Å². The molecule has 0 aliphatic rings. The van der Waals surface area contributed by atoms with Gasteiger partial charge in [0.2, 0.25) is 0 Å². The second-order valence-electron chi connectivity index (χ2n) is 3.36. The lowest BCUT2D eigenvalue weighted by Gasteiger charge is -2.05. The first kappa shape index (κ1) is 11.2. The molecule has 0 N–H and O–H groups in total. The lowest BCUT2D eigenvalue weighted by atomic mass is 10.2. The Morgan fingerprint density at radius 1 is 1.64 bits per heavy atom. The van der Waals surface area contributed by atoms with E-state index in [1.807, 2.05) is 4.68 Å². The predicted octanol–water partition coefficient (Wildman–Crippen LogP) is 2.47. The van der Waals surface area contributed by atoms with E-state index in [4.69, 9.17) is 11.6 Å². The van der Waals surface area contributed by atoms with Crippen LogP contribution >= 0.6 is 11.6 Å². The molecular formula is C10H15ClN2O. The second-order valence-corrected chi connectivity index (χ2v) is 3.77. The van der Waals surface area contributed by atoms with Crippen molar-refractivity contribution in [2.45, 2.75) is 39.7 Å². The molecule has 3 nitrogen and oxygen atoms in total. The summed E-state index contributed by atoms with van der Waals surface area (Å²) >= 11 is 5.97. The fraction of sp³-hybridized carbons (Fsp3) is 0.600. The number of aromatic nitrogens is 2. The minimum atomic E-state index is 0.185. The Balaban J connectivity index is 2.71. The quantitative estimate of drug-likeness (QED) is 0.755. The lowest BCUT2D eigenvalue weighted by molar-refractivity contribution is -0.117. The standard InChI is InChI=1S/C10H15ClN2O/c1-3-6-13-10(5-4-8(2)14)9(11)7-12-13/h7H,3-6H2,1-2H3. The van der Waals surface area contributed by atoms with Gasteiger partial charge in [-0.3, -0.25) is 4.68 Å². The van der Waals surface area contributed by atoms with E-state index in [1.165, 1.54) is 0 Å². The van der Waals surface area contributed by atoms with E-state index < -0.39 is 0 Å². The van der Waals surface area contributed by atoms with E-state index in [9.17, 15) is 4.79 Å². The number of hydrogen-bond donors (Lipinski definition) is 0. The third-order valence-corrected chi connectivity index (χ3v) is 2.36. The van der Waals surface area contributed by atoms with Crippen LogP contribution < -0.4 is 0 Å². The molecule has 1 rings (SSSR count). The van der Waals surface area contributed by atoms with Crippen LogP contribution in [0.1, 0.15) is 32.4 Å². The highest BCUT2D eigenvalue weighted by molar-refractivity contribution is 6.31. The number of aryl methyl sites for hydroxylation is 1. The minimum Gasteiger partial charge on any atom is -0.300 e. The van der Waals surface area contributed by atoms with Gasteiger partial charge in [-0.15, -0.1) is 0 Å². The molecule has 0 unspecified atom stereocenters. The molecule has 0 saturated carbocycles. The molecular weight excluding hydrogens is 200 g/mol. The molecule has 0 saturated heterocycles. The van der Waals surface area contributed by atoms with Crippen molar-refractivity contribution < 1.29 is 4.79 Å². The zero-order valence-electron chi connectivity index (χ0n) is 8.59. The smallest absolute Gasteiger partial charge is 0.130 e. The zero-order chi connectivity index (χ0) is 10.6. The summed E-state index contributed by atoms with van der Waals surface area (Å²) in [6, 6.07) is 0. The molecule has 14 heavy (non-hydrogen) atoms. The van der Waals surface area contributed by atoms with Crippen molar-refractivity contribution in [2.24, 2.45) is 0 Å². The van der Waals surface area contributed by atoms with Crippen LogP contribution in [-0.2, 0) is 17.8 Å². The maximum absolute atomic E-state index is 10.8. The first-order valence-electron chi connectivity index (χ1n) is 4.84. The fourth-order valence-corrected chi connectivity index (χ4v) is 1.57. The number of carbonyl (C=O) groups is 1. The summed E-state index contributed by atoms with van der Waals surface area (Å²) in [5.41, 5.74) is 0.976. The average molecular weight is 215 g/mol. The summed E-state index contributed by atoms with van der Waals surface area (Å²) in [5, 5.41) is 4.82. The zero-order valence-corrected chi connectivity index (χ0v) is 9.34. The topological polar surface area (TPSA) is 34.9 Å². The van der Waals surface area contributed by atoms with Crippen LogP contribution in [0, 0.1) is 0 Å². The molecule has 1 aromatic heterocycles. The van der Waals surface area contributed by atoms with Gasteiger partial charge in [0, 0.05) is 13.0 Å². The van der Waals surface area contributed by atoms with Crippen LogP contribution in [0.25, 0.3) is 0 Å². The molecule has 0 fully saturated rings. The van der Waals surface area contributed by atoms with E-state index in [1.54, 1.807) is 13.1 Å². The molecule has 0 aromatic carbocycles. The Kier molecular flexibility index (Phi) is 4.14. The Morgan fingerprint density at radius 2 is 2.36 bits per heavy atom. The lowest BCUT2D eigenvalue weighted by Crippen LogP contribution is -2.06. The Labute approximate surface area is 89.1 Å². The van der Waals surface area contributed by atoms with Gasteiger partial charge in [-0.25, -0.2) is 0 Å². The fourth-order valence-electron chi connectivity index (χ4n) is 1.34. The van der Waals surface area contributed by atoms with Crippen molar-refractivity contribution in [3.05, 3.63) is 16.9 Å². The summed E-state index contributed by atoms with van der Waals surface area (Å²) in [6.07, 6.45) is 3.89. The molecule has 0 aliphatic carbocycles. The van der Waals surface area contributed by atoms with Crippen molar-refractivity contribution >= 4 is 17.4 Å². The molecule has 0 aliphatic heterocycles. The molecule has 0 bridgehead atoms. The van der Waals surface area contributed by atoms with Gasteiger partial charge in [-0.2, -0.15) is 5.10 Å². The van der Waals surface area contributed by atoms with E-state index >= 15 is 0 Å². The van der Waals surface area contributed by atoms with Gasteiger partial charge in [-0.05, 0) is 19.8 Å². The van der Waals surface area contributed by atoms with Crippen molar-refractivity contribution in [1.29, 1.82) is 0 Å². The first-order valence-corrected chi connectivity index (χ1v) is 5.22. The molecule has 0 radical (unpaired) electrons.